The molecule has 0 aliphatic heterocycles. The largest absolute Gasteiger partial charge is 0.454 e. The lowest BCUT2D eigenvalue weighted by atomic mass is 10.1. The third-order valence-corrected chi connectivity index (χ3v) is 3.96. The van der Waals surface area contributed by atoms with E-state index in [1.165, 1.54) is 12.1 Å². The Morgan fingerprint density at radius 1 is 1.35 bits per heavy atom. The first-order chi connectivity index (χ1) is 9.49. The molecule has 1 aromatic carbocycles. The van der Waals surface area contributed by atoms with Crippen LogP contribution in [0.3, 0.4) is 0 Å². The number of ether oxygens (including phenoxy) is 1. The van der Waals surface area contributed by atoms with Crippen LogP contribution in [-0.4, -0.2) is 10.9 Å². The first-order valence-electron chi connectivity index (χ1n) is 5.68. The summed E-state index contributed by atoms with van der Waals surface area (Å²) >= 11 is 6.80. The van der Waals surface area contributed by atoms with E-state index in [2.05, 4.69) is 0 Å². The highest BCUT2D eigenvalue weighted by Crippen LogP contribution is 2.29. The molecule has 1 aromatic heterocycles. The highest BCUT2D eigenvalue weighted by atomic mass is 35.5. The Hall–Kier alpha value is -1.92. The van der Waals surface area contributed by atoms with Crippen LogP contribution in [0.4, 0.5) is 5.00 Å². The van der Waals surface area contributed by atoms with Gasteiger partial charge in [-0.1, -0.05) is 41.1 Å². The highest BCUT2D eigenvalue weighted by Gasteiger charge is 2.20. The maximum absolute atomic E-state index is 11.9. The van der Waals surface area contributed by atoms with Crippen LogP contribution < -0.4 is 0 Å². The Kier molecular flexibility index (Phi) is 4.36. The lowest BCUT2D eigenvalue weighted by Crippen LogP contribution is -2.08. The van der Waals surface area contributed by atoms with E-state index in [1.54, 1.807) is 31.2 Å². The van der Waals surface area contributed by atoms with E-state index in [1.807, 2.05) is 0 Å². The molecule has 1 atom stereocenters. The molecule has 0 bridgehead atoms. The number of benzene rings is 1. The van der Waals surface area contributed by atoms with Gasteiger partial charge in [0.2, 0.25) is 0 Å². The summed E-state index contributed by atoms with van der Waals surface area (Å²) < 4.78 is 5.26. The number of esters is 1. The van der Waals surface area contributed by atoms with Crippen LogP contribution in [0.15, 0.2) is 36.4 Å². The van der Waals surface area contributed by atoms with E-state index in [0.717, 1.165) is 11.3 Å². The van der Waals surface area contributed by atoms with Crippen molar-refractivity contribution in [1.82, 2.24) is 0 Å². The summed E-state index contributed by atoms with van der Waals surface area (Å²) in [6.45, 7) is 1.70. The average molecular weight is 312 g/mol. The molecule has 104 valence electrons. The lowest BCUT2D eigenvalue weighted by Gasteiger charge is -2.14. The van der Waals surface area contributed by atoms with Crippen LogP contribution in [0, 0.1) is 10.1 Å². The van der Waals surface area contributed by atoms with E-state index in [-0.39, 0.29) is 9.88 Å². The lowest BCUT2D eigenvalue weighted by molar-refractivity contribution is -0.380. The second-order valence-corrected chi connectivity index (χ2v) is 5.43. The third-order valence-electron chi connectivity index (χ3n) is 2.60. The van der Waals surface area contributed by atoms with Gasteiger partial charge in [-0.3, -0.25) is 10.1 Å². The van der Waals surface area contributed by atoms with Gasteiger partial charge in [0.05, 0.1) is 4.92 Å². The van der Waals surface area contributed by atoms with Gasteiger partial charge in [-0.25, -0.2) is 4.79 Å². The summed E-state index contributed by atoms with van der Waals surface area (Å²) in [5, 5.41) is 11.0. The van der Waals surface area contributed by atoms with E-state index in [9.17, 15) is 14.9 Å². The minimum atomic E-state index is -0.601. The Labute approximate surface area is 123 Å². The normalized spacial score (nSPS) is 11.9. The quantitative estimate of drug-likeness (QED) is 0.481. The van der Waals surface area contributed by atoms with Gasteiger partial charge in [-0.05, 0) is 19.1 Å². The van der Waals surface area contributed by atoms with Gasteiger partial charge in [0, 0.05) is 16.7 Å². The Bertz CT molecular complexity index is 655. The van der Waals surface area contributed by atoms with Crippen molar-refractivity contribution in [3.05, 3.63) is 62.0 Å². The van der Waals surface area contributed by atoms with E-state index >= 15 is 0 Å². The minimum Gasteiger partial charge on any atom is -0.454 e. The zero-order valence-electron chi connectivity index (χ0n) is 10.4. The molecule has 0 aliphatic rings. The molecule has 0 saturated carbocycles. The molecule has 0 amide bonds. The average Bonchev–Trinajstić information content (AvgIpc) is 2.88. The van der Waals surface area contributed by atoms with Crippen molar-refractivity contribution in [1.29, 1.82) is 0 Å². The number of rotatable bonds is 4. The Balaban J connectivity index is 2.11. The van der Waals surface area contributed by atoms with Crippen molar-refractivity contribution in [3.8, 4) is 0 Å². The number of hydrogen-bond acceptors (Lipinski definition) is 5. The maximum atomic E-state index is 11.9. The van der Waals surface area contributed by atoms with Crippen molar-refractivity contribution >= 4 is 33.9 Å². The first kappa shape index (κ1) is 14.5. The van der Waals surface area contributed by atoms with Gasteiger partial charge in [-0.2, -0.15) is 0 Å². The molecule has 5 nitrogen and oxygen atoms in total. The van der Waals surface area contributed by atoms with Gasteiger partial charge in [0.1, 0.15) is 11.0 Å². The third kappa shape index (κ3) is 3.15. The molecule has 20 heavy (non-hydrogen) atoms. The molecule has 1 heterocycles. The topological polar surface area (TPSA) is 69.4 Å². The van der Waals surface area contributed by atoms with Crippen molar-refractivity contribution in [3.63, 3.8) is 0 Å². The summed E-state index contributed by atoms with van der Waals surface area (Å²) in [5.74, 6) is -0.601. The van der Waals surface area contributed by atoms with Gasteiger partial charge >= 0.3 is 11.0 Å². The number of carbonyl (C=O) groups excluding carboxylic acids is 1. The van der Waals surface area contributed by atoms with E-state index in [4.69, 9.17) is 16.3 Å². The predicted octanol–water partition coefficient (Wildman–Crippen LogP) is 4.23. The smallest absolute Gasteiger partial charge is 0.349 e. The number of hydrogen-bond donors (Lipinski definition) is 0. The van der Waals surface area contributed by atoms with Gasteiger partial charge < -0.3 is 4.74 Å². The summed E-state index contributed by atoms with van der Waals surface area (Å²) in [5.41, 5.74) is 0.688. The van der Waals surface area contributed by atoms with Gasteiger partial charge in [-0.15, -0.1) is 0 Å². The van der Waals surface area contributed by atoms with Crippen molar-refractivity contribution in [2.24, 2.45) is 0 Å². The molecular weight excluding hydrogens is 302 g/mol. The van der Waals surface area contributed by atoms with Crippen LogP contribution in [-0.2, 0) is 4.74 Å². The van der Waals surface area contributed by atoms with Crippen LogP contribution in [0.1, 0.15) is 28.3 Å². The predicted molar refractivity (Wildman–Crippen MR) is 76.3 cm³/mol. The Morgan fingerprint density at radius 2 is 2.05 bits per heavy atom. The molecule has 0 aliphatic carbocycles. The molecule has 2 aromatic rings. The molecular formula is C13H10ClNO4S. The van der Waals surface area contributed by atoms with Gasteiger partial charge in [0.25, 0.3) is 0 Å². The molecule has 0 radical (unpaired) electrons. The molecule has 7 heteroatoms. The molecule has 0 saturated heterocycles. The van der Waals surface area contributed by atoms with Gasteiger partial charge in [0.15, 0.2) is 0 Å². The first-order valence-corrected chi connectivity index (χ1v) is 6.88. The van der Waals surface area contributed by atoms with Crippen LogP contribution in [0.2, 0.25) is 5.02 Å². The Morgan fingerprint density at radius 3 is 2.65 bits per heavy atom. The molecule has 0 N–H and O–H groups in total. The second-order valence-electron chi connectivity index (χ2n) is 3.96. The fourth-order valence-electron chi connectivity index (χ4n) is 1.62. The molecule has 2 rings (SSSR count). The monoisotopic (exact) mass is 311 g/mol. The number of carbonyl (C=O) groups is 1. The van der Waals surface area contributed by atoms with Crippen molar-refractivity contribution in [2.75, 3.05) is 0 Å². The molecule has 0 fully saturated rings. The maximum Gasteiger partial charge on any atom is 0.349 e. The van der Waals surface area contributed by atoms with Crippen LogP contribution >= 0.6 is 22.9 Å². The zero-order chi connectivity index (χ0) is 14.7. The number of thiophene rings is 1. The SMILES string of the molecule is C[C@@H](OC(=O)c1ccc([N+](=O)[O-])s1)c1ccccc1Cl. The fraction of sp³-hybridized carbons (Fsp3) is 0.154. The zero-order valence-corrected chi connectivity index (χ0v) is 12.0. The van der Waals surface area contributed by atoms with E-state index < -0.39 is 17.0 Å². The van der Waals surface area contributed by atoms with E-state index in [0.29, 0.717) is 10.6 Å². The van der Waals surface area contributed by atoms with Crippen LogP contribution in [0.25, 0.3) is 0 Å². The minimum absolute atomic E-state index is 0.0950. The summed E-state index contributed by atoms with van der Waals surface area (Å²) in [6, 6.07) is 9.70. The number of nitro groups is 1. The number of nitrogens with zero attached hydrogens (tertiary/aromatic N) is 1. The number of halogens is 1. The highest BCUT2D eigenvalue weighted by molar-refractivity contribution is 7.17. The summed E-state index contributed by atoms with van der Waals surface area (Å²) in [6.07, 6.45) is -0.530. The summed E-state index contributed by atoms with van der Waals surface area (Å²) in [7, 11) is 0. The van der Waals surface area contributed by atoms with Crippen LogP contribution in [0.5, 0.6) is 0 Å². The van der Waals surface area contributed by atoms with Crippen molar-refractivity contribution < 1.29 is 14.5 Å². The summed E-state index contributed by atoms with van der Waals surface area (Å²) in [4.78, 5) is 22.1. The molecule has 0 unspecified atom stereocenters. The van der Waals surface area contributed by atoms with Crippen molar-refractivity contribution in [2.45, 2.75) is 13.0 Å². The standard InChI is InChI=1S/C13H10ClNO4S/c1-8(9-4-2-3-5-10(9)14)19-13(16)11-6-7-12(20-11)15(17)18/h2-8H,1H3/t8-/m1/s1. The second kappa shape index (κ2) is 6.02. The molecule has 0 spiro atoms. The fourth-order valence-corrected chi connectivity index (χ4v) is 2.62.